The van der Waals surface area contributed by atoms with E-state index in [1.807, 2.05) is 38.1 Å². The van der Waals surface area contributed by atoms with Crippen molar-refractivity contribution in [2.24, 2.45) is 11.3 Å². The van der Waals surface area contributed by atoms with Crippen molar-refractivity contribution < 1.29 is 10.2 Å². The van der Waals surface area contributed by atoms with E-state index in [1.165, 1.54) is 0 Å². The maximum absolute atomic E-state index is 9.48. The Labute approximate surface area is 102 Å². The molecule has 0 amide bonds. The lowest BCUT2D eigenvalue weighted by Crippen LogP contribution is -2.37. The summed E-state index contributed by atoms with van der Waals surface area (Å²) < 4.78 is 0. The number of rotatable bonds is 5. The fourth-order valence-electron chi connectivity index (χ4n) is 1.78. The van der Waals surface area contributed by atoms with Gasteiger partial charge in [-0.2, -0.15) is 0 Å². The standard InChI is InChI=1S/C13H19ClO2/c1-10(2)13(8-15,9-16)7-11-4-3-5-12(14)6-11/h3-6,10,15-16H,7-9H2,1-2H3. The lowest BCUT2D eigenvalue weighted by molar-refractivity contribution is 0.0163. The fourth-order valence-corrected chi connectivity index (χ4v) is 2.00. The normalized spacial score (nSPS) is 12.1. The van der Waals surface area contributed by atoms with E-state index < -0.39 is 5.41 Å². The third-order valence-corrected chi connectivity index (χ3v) is 3.53. The highest BCUT2D eigenvalue weighted by molar-refractivity contribution is 6.30. The molecule has 0 unspecified atom stereocenters. The van der Waals surface area contributed by atoms with Crippen LogP contribution in [0.15, 0.2) is 24.3 Å². The Bertz CT molecular complexity index is 332. The van der Waals surface area contributed by atoms with Crippen LogP contribution in [0.5, 0.6) is 0 Å². The van der Waals surface area contributed by atoms with Crippen LogP contribution >= 0.6 is 11.6 Å². The molecule has 3 heteroatoms. The molecule has 0 aliphatic heterocycles. The molecule has 0 aromatic heterocycles. The zero-order valence-electron chi connectivity index (χ0n) is 9.78. The number of aliphatic hydroxyl groups excluding tert-OH is 2. The minimum atomic E-state index is -0.468. The molecule has 1 aromatic carbocycles. The van der Waals surface area contributed by atoms with Crippen molar-refractivity contribution in [2.75, 3.05) is 13.2 Å². The van der Waals surface area contributed by atoms with Gasteiger partial charge in [-0.25, -0.2) is 0 Å². The minimum Gasteiger partial charge on any atom is -0.396 e. The molecule has 90 valence electrons. The summed E-state index contributed by atoms with van der Waals surface area (Å²) in [5.74, 6) is 0.210. The van der Waals surface area contributed by atoms with Gasteiger partial charge < -0.3 is 10.2 Å². The third-order valence-electron chi connectivity index (χ3n) is 3.30. The van der Waals surface area contributed by atoms with E-state index in [-0.39, 0.29) is 19.1 Å². The zero-order valence-corrected chi connectivity index (χ0v) is 10.5. The fraction of sp³-hybridized carbons (Fsp3) is 0.538. The first-order valence-corrected chi connectivity index (χ1v) is 5.88. The van der Waals surface area contributed by atoms with Crippen LogP contribution in [-0.4, -0.2) is 23.4 Å². The van der Waals surface area contributed by atoms with Crippen LogP contribution in [0.1, 0.15) is 19.4 Å². The van der Waals surface area contributed by atoms with Gasteiger partial charge in [0.2, 0.25) is 0 Å². The van der Waals surface area contributed by atoms with Gasteiger partial charge in [-0.3, -0.25) is 0 Å². The first-order chi connectivity index (χ1) is 7.54. The zero-order chi connectivity index (χ0) is 12.2. The molecule has 1 aromatic rings. The number of aliphatic hydroxyl groups is 2. The van der Waals surface area contributed by atoms with Crippen LogP contribution < -0.4 is 0 Å². The van der Waals surface area contributed by atoms with Gasteiger partial charge in [-0.15, -0.1) is 0 Å². The van der Waals surface area contributed by atoms with Gasteiger partial charge in [0.15, 0.2) is 0 Å². The lowest BCUT2D eigenvalue weighted by atomic mass is 9.74. The van der Waals surface area contributed by atoms with E-state index in [0.29, 0.717) is 11.4 Å². The van der Waals surface area contributed by atoms with Crippen LogP contribution in [0.25, 0.3) is 0 Å². The van der Waals surface area contributed by atoms with Crippen LogP contribution in [0.2, 0.25) is 5.02 Å². The molecule has 0 atom stereocenters. The lowest BCUT2D eigenvalue weighted by Gasteiger charge is -2.34. The molecule has 0 fully saturated rings. The quantitative estimate of drug-likeness (QED) is 0.833. The van der Waals surface area contributed by atoms with Gasteiger partial charge in [0.1, 0.15) is 0 Å². The summed E-state index contributed by atoms with van der Waals surface area (Å²) in [7, 11) is 0. The molecule has 2 nitrogen and oxygen atoms in total. The van der Waals surface area contributed by atoms with Crippen molar-refractivity contribution in [2.45, 2.75) is 20.3 Å². The Balaban J connectivity index is 2.91. The molecule has 16 heavy (non-hydrogen) atoms. The van der Waals surface area contributed by atoms with Crippen molar-refractivity contribution in [1.82, 2.24) is 0 Å². The van der Waals surface area contributed by atoms with Crippen LogP contribution in [0.3, 0.4) is 0 Å². The summed E-state index contributed by atoms with van der Waals surface area (Å²) in [5, 5.41) is 19.7. The van der Waals surface area contributed by atoms with E-state index in [2.05, 4.69) is 0 Å². The molecule has 0 aliphatic carbocycles. The van der Waals surface area contributed by atoms with Crippen LogP contribution in [0, 0.1) is 11.3 Å². The summed E-state index contributed by atoms with van der Waals surface area (Å²) in [6.45, 7) is 3.98. The smallest absolute Gasteiger partial charge is 0.0515 e. The average molecular weight is 243 g/mol. The molecule has 1 rings (SSSR count). The van der Waals surface area contributed by atoms with Gasteiger partial charge in [0.25, 0.3) is 0 Å². The van der Waals surface area contributed by atoms with Gasteiger partial charge in [-0.05, 0) is 30.0 Å². The summed E-state index contributed by atoms with van der Waals surface area (Å²) in [6.07, 6.45) is 0.637. The summed E-state index contributed by atoms with van der Waals surface area (Å²) >= 11 is 5.91. The Morgan fingerprint density at radius 3 is 2.31 bits per heavy atom. The third kappa shape index (κ3) is 2.97. The highest BCUT2D eigenvalue weighted by Crippen LogP contribution is 2.31. The van der Waals surface area contributed by atoms with E-state index in [9.17, 15) is 10.2 Å². The molecule has 0 bridgehead atoms. The van der Waals surface area contributed by atoms with Crippen molar-refractivity contribution in [3.05, 3.63) is 34.9 Å². The van der Waals surface area contributed by atoms with Crippen molar-refractivity contribution in [3.8, 4) is 0 Å². The van der Waals surface area contributed by atoms with Crippen molar-refractivity contribution >= 4 is 11.6 Å². The van der Waals surface area contributed by atoms with Gasteiger partial charge in [0, 0.05) is 10.4 Å². The second-order valence-corrected chi connectivity index (χ2v) is 5.08. The maximum atomic E-state index is 9.48. The second-order valence-electron chi connectivity index (χ2n) is 4.64. The van der Waals surface area contributed by atoms with Crippen molar-refractivity contribution in [3.63, 3.8) is 0 Å². The Morgan fingerprint density at radius 2 is 1.88 bits per heavy atom. The largest absolute Gasteiger partial charge is 0.396 e. The first-order valence-electron chi connectivity index (χ1n) is 5.50. The molecule has 0 heterocycles. The number of hydrogen-bond donors (Lipinski definition) is 2. The number of benzene rings is 1. The Morgan fingerprint density at radius 1 is 1.25 bits per heavy atom. The molecule has 0 spiro atoms. The van der Waals surface area contributed by atoms with E-state index in [0.717, 1.165) is 5.56 Å². The van der Waals surface area contributed by atoms with Crippen LogP contribution in [0.4, 0.5) is 0 Å². The van der Waals surface area contributed by atoms with E-state index >= 15 is 0 Å². The number of halogens is 1. The molecular weight excluding hydrogens is 224 g/mol. The van der Waals surface area contributed by atoms with Gasteiger partial charge in [-0.1, -0.05) is 37.6 Å². The highest BCUT2D eigenvalue weighted by Gasteiger charge is 2.32. The minimum absolute atomic E-state index is 0.0202. The summed E-state index contributed by atoms with van der Waals surface area (Å²) in [6, 6.07) is 7.55. The topological polar surface area (TPSA) is 40.5 Å². The molecular formula is C13H19ClO2. The second kappa shape index (κ2) is 5.67. The molecule has 0 radical (unpaired) electrons. The van der Waals surface area contributed by atoms with Crippen molar-refractivity contribution in [1.29, 1.82) is 0 Å². The van der Waals surface area contributed by atoms with E-state index in [1.54, 1.807) is 0 Å². The maximum Gasteiger partial charge on any atom is 0.0515 e. The van der Waals surface area contributed by atoms with E-state index in [4.69, 9.17) is 11.6 Å². The SMILES string of the molecule is CC(C)C(CO)(CO)Cc1cccc(Cl)c1. The monoisotopic (exact) mass is 242 g/mol. The first kappa shape index (κ1) is 13.5. The summed E-state index contributed by atoms with van der Waals surface area (Å²) in [5.41, 5.74) is 0.578. The number of hydrogen-bond acceptors (Lipinski definition) is 2. The molecule has 0 saturated heterocycles. The Kier molecular flexibility index (Phi) is 4.78. The molecule has 0 aliphatic rings. The van der Waals surface area contributed by atoms with Gasteiger partial charge in [0.05, 0.1) is 13.2 Å². The summed E-state index contributed by atoms with van der Waals surface area (Å²) in [4.78, 5) is 0. The van der Waals surface area contributed by atoms with Gasteiger partial charge >= 0.3 is 0 Å². The van der Waals surface area contributed by atoms with Crippen LogP contribution in [-0.2, 0) is 6.42 Å². The predicted molar refractivity (Wildman–Crippen MR) is 66.6 cm³/mol. The predicted octanol–water partition coefficient (Wildman–Crippen LogP) is 2.51. The highest BCUT2D eigenvalue weighted by atomic mass is 35.5. The molecule has 2 N–H and O–H groups in total. The Hall–Kier alpha value is -0.570. The molecule has 0 saturated carbocycles. The average Bonchev–Trinajstić information content (AvgIpc) is 2.25.